The maximum atomic E-state index is 6.19. The van der Waals surface area contributed by atoms with Crippen LogP contribution in [-0.4, -0.2) is 18.2 Å². The molecule has 2 unspecified atom stereocenters. The molecule has 0 aliphatic carbocycles. The average molecular weight is 249 g/mol. The summed E-state index contributed by atoms with van der Waals surface area (Å²) in [6.07, 6.45) is 1.21. The van der Waals surface area contributed by atoms with Gasteiger partial charge in [-0.15, -0.1) is 0 Å². The number of nitrogens with one attached hydrogen (secondary N) is 1. The smallest absolute Gasteiger partial charge is 0.0774 e. The van der Waals surface area contributed by atoms with Crippen LogP contribution in [0.1, 0.15) is 52.6 Å². The maximum absolute atomic E-state index is 6.19. The molecule has 1 aromatic rings. The Kier molecular flexibility index (Phi) is 5.83. The highest BCUT2D eigenvalue weighted by Crippen LogP contribution is 2.25. The summed E-state index contributed by atoms with van der Waals surface area (Å²) in [5.74, 6) is 0. The molecular weight excluding hydrogens is 222 g/mol. The largest absolute Gasteiger partial charge is 0.371 e. The van der Waals surface area contributed by atoms with Crippen molar-refractivity contribution in [2.75, 3.05) is 6.54 Å². The Balaban J connectivity index is 2.88. The van der Waals surface area contributed by atoms with Gasteiger partial charge in [0.1, 0.15) is 0 Å². The first-order valence-electron chi connectivity index (χ1n) is 6.94. The second-order valence-electron chi connectivity index (χ2n) is 5.62. The van der Waals surface area contributed by atoms with Crippen molar-refractivity contribution < 1.29 is 4.74 Å². The van der Waals surface area contributed by atoms with Crippen molar-refractivity contribution in [2.24, 2.45) is 0 Å². The van der Waals surface area contributed by atoms with Crippen molar-refractivity contribution in [1.29, 1.82) is 0 Å². The van der Waals surface area contributed by atoms with Crippen molar-refractivity contribution in [3.63, 3.8) is 0 Å². The summed E-state index contributed by atoms with van der Waals surface area (Å²) < 4.78 is 6.19. The molecule has 0 bridgehead atoms. The van der Waals surface area contributed by atoms with Gasteiger partial charge in [-0.25, -0.2) is 0 Å². The highest BCUT2D eigenvalue weighted by Gasteiger charge is 2.26. The zero-order valence-corrected chi connectivity index (χ0v) is 12.4. The van der Waals surface area contributed by atoms with Gasteiger partial charge in [0.15, 0.2) is 0 Å². The highest BCUT2D eigenvalue weighted by atomic mass is 16.5. The van der Waals surface area contributed by atoms with E-state index in [0.717, 1.165) is 13.0 Å². The van der Waals surface area contributed by atoms with E-state index in [2.05, 4.69) is 70.3 Å². The van der Waals surface area contributed by atoms with Crippen LogP contribution in [0.4, 0.5) is 0 Å². The van der Waals surface area contributed by atoms with E-state index in [1.165, 1.54) is 5.56 Å². The first-order chi connectivity index (χ1) is 8.48. The van der Waals surface area contributed by atoms with E-state index in [9.17, 15) is 0 Å². The third-order valence-corrected chi connectivity index (χ3v) is 2.86. The van der Waals surface area contributed by atoms with Gasteiger partial charge in [-0.05, 0) is 39.3 Å². The molecule has 2 atom stereocenters. The third-order valence-electron chi connectivity index (χ3n) is 2.86. The Hall–Kier alpha value is -0.860. The summed E-state index contributed by atoms with van der Waals surface area (Å²) in [5.41, 5.74) is 1.19. The van der Waals surface area contributed by atoms with E-state index in [0.29, 0.717) is 0 Å². The molecule has 102 valence electrons. The molecule has 1 N–H and O–H groups in total. The molecule has 1 rings (SSSR count). The first-order valence-corrected chi connectivity index (χ1v) is 6.94. The van der Waals surface area contributed by atoms with Gasteiger partial charge in [-0.1, -0.05) is 44.2 Å². The molecule has 0 aliphatic heterocycles. The van der Waals surface area contributed by atoms with E-state index in [1.807, 2.05) is 0 Å². The van der Waals surface area contributed by atoms with Crippen LogP contribution in [0, 0.1) is 0 Å². The van der Waals surface area contributed by atoms with E-state index in [1.54, 1.807) is 0 Å². The van der Waals surface area contributed by atoms with Crippen molar-refractivity contribution in [3.05, 3.63) is 35.9 Å². The predicted octanol–water partition coefficient (Wildman–Crippen LogP) is 3.93. The number of rotatable bonds is 6. The minimum absolute atomic E-state index is 0.108. The summed E-state index contributed by atoms with van der Waals surface area (Å²) in [4.78, 5) is 0. The van der Waals surface area contributed by atoms with Crippen LogP contribution in [0.15, 0.2) is 30.3 Å². The SMILES string of the molecule is CCNC(c1ccccc1)C(CC)OC(C)(C)C. The predicted molar refractivity (Wildman–Crippen MR) is 77.8 cm³/mol. The Morgan fingerprint density at radius 2 is 1.72 bits per heavy atom. The Labute approximate surface area is 112 Å². The summed E-state index contributed by atoms with van der Waals surface area (Å²) in [7, 11) is 0. The van der Waals surface area contributed by atoms with Crippen LogP contribution in [0.2, 0.25) is 0 Å². The van der Waals surface area contributed by atoms with Crippen LogP contribution in [0.5, 0.6) is 0 Å². The van der Waals surface area contributed by atoms with E-state index in [4.69, 9.17) is 4.74 Å². The standard InChI is InChI=1S/C16H27NO/c1-6-14(18-16(3,4)5)15(17-7-2)13-11-9-8-10-12-13/h8-12,14-15,17H,6-7H2,1-5H3. The number of ether oxygens (including phenoxy) is 1. The van der Waals surface area contributed by atoms with Gasteiger partial charge in [0.05, 0.1) is 17.7 Å². The monoisotopic (exact) mass is 249 g/mol. The Morgan fingerprint density at radius 1 is 1.11 bits per heavy atom. The second-order valence-corrected chi connectivity index (χ2v) is 5.62. The highest BCUT2D eigenvalue weighted by molar-refractivity contribution is 5.20. The van der Waals surface area contributed by atoms with Crippen LogP contribution >= 0.6 is 0 Å². The fraction of sp³-hybridized carbons (Fsp3) is 0.625. The zero-order valence-electron chi connectivity index (χ0n) is 12.4. The molecule has 0 fully saturated rings. The molecule has 0 saturated carbocycles. The lowest BCUT2D eigenvalue weighted by Gasteiger charge is -2.33. The van der Waals surface area contributed by atoms with Crippen molar-refractivity contribution in [3.8, 4) is 0 Å². The summed E-state index contributed by atoms with van der Waals surface area (Å²) in [5, 5.41) is 3.55. The van der Waals surface area contributed by atoms with Crippen LogP contribution in [0.25, 0.3) is 0 Å². The third kappa shape index (κ3) is 4.79. The topological polar surface area (TPSA) is 21.3 Å². The molecule has 1 aromatic carbocycles. The van der Waals surface area contributed by atoms with Gasteiger partial charge in [0.2, 0.25) is 0 Å². The molecule has 0 saturated heterocycles. The van der Waals surface area contributed by atoms with Crippen LogP contribution in [-0.2, 0) is 4.74 Å². The quantitative estimate of drug-likeness (QED) is 0.824. The van der Waals surface area contributed by atoms with Gasteiger partial charge in [-0.2, -0.15) is 0 Å². The molecule has 2 nitrogen and oxygen atoms in total. The van der Waals surface area contributed by atoms with Gasteiger partial charge >= 0.3 is 0 Å². The fourth-order valence-electron chi connectivity index (χ4n) is 2.19. The summed E-state index contributed by atoms with van der Waals surface area (Å²) in [6, 6.07) is 10.8. The van der Waals surface area contributed by atoms with E-state index >= 15 is 0 Å². The maximum Gasteiger partial charge on any atom is 0.0774 e. The summed E-state index contributed by atoms with van der Waals surface area (Å²) >= 11 is 0. The van der Waals surface area contributed by atoms with Crippen LogP contribution in [0.3, 0.4) is 0 Å². The average Bonchev–Trinajstić information content (AvgIpc) is 2.33. The van der Waals surface area contributed by atoms with E-state index in [-0.39, 0.29) is 17.7 Å². The van der Waals surface area contributed by atoms with Crippen molar-refractivity contribution >= 4 is 0 Å². The molecular formula is C16H27NO. The number of hydrogen-bond acceptors (Lipinski definition) is 2. The Morgan fingerprint density at radius 3 is 2.17 bits per heavy atom. The lowest BCUT2D eigenvalue weighted by atomic mass is 9.98. The van der Waals surface area contributed by atoms with Gasteiger partial charge in [-0.3, -0.25) is 0 Å². The van der Waals surface area contributed by atoms with Gasteiger partial charge in [0.25, 0.3) is 0 Å². The number of benzene rings is 1. The number of hydrogen-bond donors (Lipinski definition) is 1. The lowest BCUT2D eigenvalue weighted by Crippen LogP contribution is -2.38. The summed E-state index contributed by atoms with van der Waals surface area (Å²) in [6.45, 7) is 11.6. The molecule has 0 aliphatic rings. The molecule has 0 aromatic heterocycles. The Bertz CT molecular complexity index is 329. The molecule has 0 amide bonds. The zero-order chi connectivity index (χ0) is 13.6. The second kappa shape index (κ2) is 6.91. The van der Waals surface area contributed by atoms with Gasteiger partial charge < -0.3 is 10.1 Å². The fourth-order valence-corrected chi connectivity index (χ4v) is 2.19. The molecule has 18 heavy (non-hydrogen) atoms. The minimum atomic E-state index is -0.108. The van der Waals surface area contributed by atoms with Crippen molar-refractivity contribution in [1.82, 2.24) is 5.32 Å². The molecule has 0 spiro atoms. The lowest BCUT2D eigenvalue weighted by molar-refractivity contribution is -0.0769. The van der Waals surface area contributed by atoms with Crippen molar-refractivity contribution in [2.45, 2.75) is 58.8 Å². The van der Waals surface area contributed by atoms with E-state index < -0.39 is 0 Å². The minimum Gasteiger partial charge on any atom is -0.371 e. The molecule has 2 heteroatoms. The van der Waals surface area contributed by atoms with Crippen LogP contribution < -0.4 is 5.32 Å². The van der Waals surface area contributed by atoms with Gasteiger partial charge in [0, 0.05) is 0 Å². The normalized spacial score (nSPS) is 15.4. The molecule has 0 radical (unpaired) electrons. The molecule has 0 heterocycles. The number of likely N-dealkylation sites (N-methyl/N-ethyl adjacent to an activating group) is 1. The first kappa shape index (κ1) is 15.2.